The van der Waals surface area contributed by atoms with Gasteiger partial charge in [-0.05, 0) is 56.4 Å². The van der Waals surface area contributed by atoms with Gasteiger partial charge in [0.25, 0.3) is 0 Å². The highest BCUT2D eigenvalue weighted by molar-refractivity contribution is 6.04. The Hall–Kier alpha value is -3.54. The number of hydrogen-bond acceptors (Lipinski definition) is 6. The summed E-state index contributed by atoms with van der Waals surface area (Å²) in [6.07, 6.45) is 0.803. The molecule has 2 aromatic rings. The average molecular weight is 462 g/mol. The van der Waals surface area contributed by atoms with Crippen LogP contribution in [0.1, 0.15) is 56.6 Å². The number of carbonyl (C=O) groups is 2. The molecule has 0 bridgehead atoms. The summed E-state index contributed by atoms with van der Waals surface area (Å²) in [6.45, 7) is 5.50. The Bertz CT molecular complexity index is 1160. The van der Waals surface area contributed by atoms with Crippen LogP contribution in [0.3, 0.4) is 0 Å². The number of allylic oxidation sites excluding steroid dienone is 3. The van der Waals surface area contributed by atoms with E-state index in [9.17, 15) is 9.59 Å². The van der Waals surface area contributed by atoms with E-state index in [0.29, 0.717) is 41.2 Å². The molecule has 0 radical (unpaired) electrons. The molecule has 2 aliphatic rings. The van der Waals surface area contributed by atoms with Crippen LogP contribution < -0.4 is 14.8 Å². The summed E-state index contributed by atoms with van der Waals surface area (Å²) in [5.41, 5.74) is 4.56. The molecule has 0 spiro atoms. The zero-order chi connectivity index (χ0) is 24.4. The lowest BCUT2D eigenvalue weighted by Gasteiger charge is -2.37. The zero-order valence-corrected chi connectivity index (χ0v) is 20.3. The molecule has 6 nitrogen and oxygen atoms in total. The quantitative estimate of drug-likeness (QED) is 0.609. The Morgan fingerprint density at radius 2 is 1.68 bits per heavy atom. The lowest BCUT2D eigenvalue weighted by molar-refractivity contribution is -0.143. The van der Waals surface area contributed by atoms with E-state index in [4.69, 9.17) is 14.2 Å². The fourth-order valence-electron chi connectivity index (χ4n) is 4.91. The van der Waals surface area contributed by atoms with Crippen molar-refractivity contribution >= 4 is 11.8 Å². The molecule has 0 aromatic heterocycles. The van der Waals surface area contributed by atoms with Crippen molar-refractivity contribution in [2.24, 2.45) is 0 Å². The molecular weight excluding hydrogens is 430 g/mol. The van der Waals surface area contributed by atoms with Crippen molar-refractivity contribution in [1.29, 1.82) is 0 Å². The van der Waals surface area contributed by atoms with E-state index in [0.717, 1.165) is 16.8 Å². The topological polar surface area (TPSA) is 73.9 Å². The molecule has 34 heavy (non-hydrogen) atoms. The number of Topliss-reactive ketones (excluding diaryl/α,β-unsaturated/α-hetero) is 1. The maximum absolute atomic E-state index is 13.6. The zero-order valence-electron chi connectivity index (χ0n) is 20.3. The van der Waals surface area contributed by atoms with Crippen LogP contribution in [-0.4, -0.2) is 32.1 Å². The second-order valence-electron chi connectivity index (χ2n) is 9.00. The first kappa shape index (κ1) is 23.6. The highest BCUT2D eigenvalue weighted by atomic mass is 16.5. The number of ether oxygens (including phenoxy) is 3. The summed E-state index contributed by atoms with van der Waals surface area (Å²) in [5, 5.41) is 3.39. The fourth-order valence-corrected chi connectivity index (χ4v) is 4.91. The summed E-state index contributed by atoms with van der Waals surface area (Å²) in [5.74, 6) is 0.268. The van der Waals surface area contributed by atoms with Crippen molar-refractivity contribution < 1.29 is 23.8 Å². The normalized spacial score (nSPS) is 20.1. The number of rotatable bonds is 6. The SMILES string of the molecule is COc1ccc([C@@H]2C(C(=O)OC(C)C)=C(C)NC3=C2C(=O)C[C@@H](c2ccccc2)C3)cc1OC. The molecule has 2 aromatic carbocycles. The van der Waals surface area contributed by atoms with Gasteiger partial charge in [0.05, 0.1) is 25.9 Å². The predicted octanol–water partition coefficient (Wildman–Crippen LogP) is 5.02. The number of benzene rings is 2. The monoisotopic (exact) mass is 461 g/mol. The number of esters is 1. The van der Waals surface area contributed by atoms with Crippen molar-refractivity contribution in [3.63, 3.8) is 0 Å². The average Bonchev–Trinajstić information content (AvgIpc) is 2.82. The van der Waals surface area contributed by atoms with Crippen molar-refractivity contribution in [2.45, 2.75) is 51.6 Å². The predicted molar refractivity (Wildman–Crippen MR) is 130 cm³/mol. The molecule has 1 aliphatic heterocycles. The first-order valence-corrected chi connectivity index (χ1v) is 11.6. The number of dihydropyridines is 1. The summed E-state index contributed by atoms with van der Waals surface area (Å²) in [7, 11) is 3.15. The van der Waals surface area contributed by atoms with Gasteiger partial charge >= 0.3 is 5.97 Å². The molecule has 0 saturated heterocycles. The van der Waals surface area contributed by atoms with Gasteiger partial charge in [-0.15, -0.1) is 0 Å². The van der Waals surface area contributed by atoms with Crippen molar-refractivity contribution in [3.05, 3.63) is 82.2 Å². The van der Waals surface area contributed by atoms with Gasteiger partial charge in [0, 0.05) is 29.3 Å². The Morgan fingerprint density at radius 3 is 2.32 bits per heavy atom. The second kappa shape index (κ2) is 9.75. The van der Waals surface area contributed by atoms with Crippen LogP contribution in [-0.2, 0) is 14.3 Å². The molecule has 0 amide bonds. The smallest absolute Gasteiger partial charge is 0.337 e. The molecule has 0 unspecified atom stereocenters. The molecule has 0 saturated carbocycles. The van der Waals surface area contributed by atoms with E-state index < -0.39 is 11.9 Å². The highest BCUT2D eigenvalue weighted by Crippen LogP contribution is 2.47. The molecule has 1 heterocycles. The third-order valence-electron chi connectivity index (χ3n) is 6.40. The van der Waals surface area contributed by atoms with E-state index >= 15 is 0 Å². The second-order valence-corrected chi connectivity index (χ2v) is 9.00. The van der Waals surface area contributed by atoms with E-state index in [1.807, 2.05) is 51.1 Å². The van der Waals surface area contributed by atoms with E-state index in [-0.39, 0.29) is 17.8 Å². The van der Waals surface area contributed by atoms with Crippen LogP contribution in [0.15, 0.2) is 71.1 Å². The number of nitrogens with one attached hydrogen (secondary N) is 1. The number of carbonyl (C=O) groups excluding carboxylic acids is 2. The van der Waals surface area contributed by atoms with E-state index in [2.05, 4.69) is 17.4 Å². The van der Waals surface area contributed by atoms with Crippen molar-refractivity contribution in [2.75, 3.05) is 14.2 Å². The first-order valence-electron chi connectivity index (χ1n) is 11.6. The lowest BCUT2D eigenvalue weighted by atomic mass is 9.71. The van der Waals surface area contributed by atoms with Gasteiger partial charge in [0.15, 0.2) is 17.3 Å². The Morgan fingerprint density at radius 1 is 0.971 bits per heavy atom. The van der Waals surface area contributed by atoms with Gasteiger partial charge in [-0.25, -0.2) is 4.79 Å². The third kappa shape index (κ3) is 4.45. The summed E-state index contributed by atoms with van der Waals surface area (Å²) < 4.78 is 16.5. The Kier molecular flexibility index (Phi) is 6.77. The number of hydrogen-bond donors (Lipinski definition) is 1. The minimum Gasteiger partial charge on any atom is -0.493 e. The minimum absolute atomic E-state index is 0.0322. The molecule has 1 N–H and O–H groups in total. The summed E-state index contributed by atoms with van der Waals surface area (Å²) in [4.78, 5) is 26.9. The summed E-state index contributed by atoms with van der Waals surface area (Å²) >= 11 is 0. The third-order valence-corrected chi connectivity index (χ3v) is 6.40. The van der Waals surface area contributed by atoms with Crippen LogP contribution in [0, 0.1) is 0 Å². The number of methoxy groups -OCH3 is 2. The van der Waals surface area contributed by atoms with Gasteiger partial charge in [0.2, 0.25) is 0 Å². The molecule has 4 rings (SSSR count). The maximum atomic E-state index is 13.6. The molecule has 6 heteroatoms. The van der Waals surface area contributed by atoms with Crippen LogP contribution in [0.5, 0.6) is 11.5 Å². The lowest BCUT2D eigenvalue weighted by Crippen LogP contribution is -2.36. The Labute approximate surface area is 200 Å². The molecule has 2 atom stereocenters. The standard InChI is InChI=1S/C28H31NO5/c1-16(2)34-28(31)25-17(3)29-21-13-20(18-9-7-6-8-10-18)14-22(30)27(21)26(25)19-11-12-23(32-4)24(15-19)33-5/h6-12,15-16,20,26,29H,13-14H2,1-5H3/t20-,26+/m0/s1. The Balaban J connectivity index is 1.83. The van der Waals surface area contributed by atoms with E-state index in [1.54, 1.807) is 20.3 Å². The molecule has 0 fully saturated rings. The van der Waals surface area contributed by atoms with Gasteiger partial charge in [-0.3, -0.25) is 4.79 Å². The van der Waals surface area contributed by atoms with Crippen molar-refractivity contribution in [3.8, 4) is 11.5 Å². The van der Waals surface area contributed by atoms with Crippen LogP contribution in [0.25, 0.3) is 0 Å². The van der Waals surface area contributed by atoms with Crippen LogP contribution in [0.4, 0.5) is 0 Å². The molecular formula is C28H31NO5. The summed E-state index contributed by atoms with van der Waals surface area (Å²) in [6, 6.07) is 15.6. The van der Waals surface area contributed by atoms with Gasteiger partial charge in [0.1, 0.15) is 0 Å². The van der Waals surface area contributed by atoms with Gasteiger partial charge in [-0.1, -0.05) is 36.4 Å². The van der Waals surface area contributed by atoms with Gasteiger partial charge < -0.3 is 19.5 Å². The van der Waals surface area contributed by atoms with Gasteiger partial charge in [-0.2, -0.15) is 0 Å². The fraction of sp³-hybridized carbons (Fsp3) is 0.357. The minimum atomic E-state index is -0.550. The largest absolute Gasteiger partial charge is 0.493 e. The maximum Gasteiger partial charge on any atom is 0.337 e. The first-order chi connectivity index (χ1) is 16.3. The molecule has 1 aliphatic carbocycles. The van der Waals surface area contributed by atoms with Crippen LogP contribution >= 0.6 is 0 Å². The van der Waals surface area contributed by atoms with Crippen molar-refractivity contribution in [1.82, 2.24) is 5.32 Å². The number of ketones is 1. The van der Waals surface area contributed by atoms with E-state index in [1.165, 1.54) is 0 Å². The highest BCUT2D eigenvalue weighted by Gasteiger charge is 2.41. The molecule has 178 valence electrons. The van der Waals surface area contributed by atoms with Crippen LogP contribution in [0.2, 0.25) is 0 Å².